The molecule has 1 fully saturated rings. The number of hydrogen-bond donors (Lipinski definition) is 1. The second-order valence-electron chi connectivity index (χ2n) is 3.62. The van der Waals surface area contributed by atoms with Crippen molar-refractivity contribution in [3.05, 3.63) is 35.9 Å². The van der Waals surface area contributed by atoms with Crippen molar-refractivity contribution in [2.45, 2.75) is 19.4 Å². The van der Waals surface area contributed by atoms with Crippen molar-refractivity contribution >= 4 is 16.9 Å². The maximum Gasteiger partial charge on any atom is 0.156 e. The Hall–Kier alpha value is -0.960. The van der Waals surface area contributed by atoms with Crippen LogP contribution in [0, 0.1) is 0 Å². The SMILES string of the molecule is CCN=C1NC(Cc2ccccc2)CS1. The number of hydrogen-bond acceptors (Lipinski definition) is 2. The second-order valence-corrected chi connectivity index (χ2v) is 4.63. The van der Waals surface area contributed by atoms with Crippen molar-refractivity contribution in [3.8, 4) is 0 Å². The molecule has 1 aliphatic heterocycles. The molecule has 0 spiro atoms. The molecule has 0 amide bonds. The summed E-state index contributed by atoms with van der Waals surface area (Å²) in [7, 11) is 0. The summed E-state index contributed by atoms with van der Waals surface area (Å²) < 4.78 is 0. The van der Waals surface area contributed by atoms with Gasteiger partial charge in [0.2, 0.25) is 0 Å². The summed E-state index contributed by atoms with van der Waals surface area (Å²) in [5.74, 6) is 1.13. The van der Waals surface area contributed by atoms with E-state index in [0.717, 1.165) is 23.9 Å². The van der Waals surface area contributed by atoms with E-state index in [0.29, 0.717) is 6.04 Å². The number of amidine groups is 1. The highest BCUT2D eigenvalue weighted by Crippen LogP contribution is 2.16. The molecule has 2 nitrogen and oxygen atoms in total. The molecule has 80 valence electrons. The van der Waals surface area contributed by atoms with E-state index in [-0.39, 0.29) is 0 Å². The molecule has 1 unspecified atom stereocenters. The molecule has 15 heavy (non-hydrogen) atoms. The Labute approximate surface area is 95.2 Å². The van der Waals surface area contributed by atoms with Crippen LogP contribution in [0.3, 0.4) is 0 Å². The van der Waals surface area contributed by atoms with Gasteiger partial charge in [0.25, 0.3) is 0 Å². The van der Waals surface area contributed by atoms with E-state index in [4.69, 9.17) is 0 Å². The topological polar surface area (TPSA) is 24.4 Å². The average molecular weight is 220 g/mol. The minimum absolute atomic E-state index is 0.544. The summed E-state index contributed by atoms with van der Waals surface area (Å²) in [5, 5.41) is 4.56. The van der Waals surface area contributed by atoms with Crippen LogP contribution >= 0.6 is 11.8 Å². The van der Waals surface area contributed by atoms with Crippen LogP contribution in [0.5, 0.6) is 0 Å². The van der Waals surface area contributed by atoms with Crippen molar-refractivity contribution in [1.82, 2.24) is 5.32 Å². The largest absolute Gasteiger partial charge is 0.361 e. The van der Waals surface area contributed by atoms with Crippen LogP contribution < -0.4 is 5.32 Å². The fourth-order valence-electron chi connectivity index (χ4n) is 1.68. The zero-order chi connectivity index (χ0) is 10.5. The highest BCUT2D eigenvalue weighted by atomic mass is 32.2. The van der Waals surface area contributed by atoms with Crippen LogP contribution in [-0.2, 0) is 6.42 Å². The monoisotopic (exact) mass is 220 g/mol. The lowest BCUT2D eigenvalue weighted by Crippen LogP contribution is -2.29. The first-order valence-corrected chi connectivity index (χ1v) is 6.34. The van der Waals surface area contributed by atoms with Crippen LogP contribution in [0.2, 0.25) is 0 Å². The highest BCUT2D eigenvalue weighted by molar-refractivity contribution is 8.14. The number of nitrogens with one attached hydrogen (secondary N) is 1. The normalized spacial score (nSPS) is 23.0. The van der Waals surface area contributed by atoms with Gasteiger partial charge < -0.3 is 5.32 Å². The first kappa shape index (κ1) is 10.6. The Balaban J connectivity index is 1.90. The van der Waals surface area contributed by atoms with E-state index < -0.39 is 0 Å². The Morgan fingerprint density at radius 2 is 2.20 bits per heavy atom. The molecule has 1 aliphatic rings. The van der Waals surface area contributed by atoms with Crippen LogP contribution in [0.25, 0.3) is 0 Å². The predicted octanol–water partition coefficient (Wildman–Crippen LogP) is 2.31. The number of rotatable bonds is 3. The molecule has 1 atom stereocenters. The van der Waals surface area contributed by atoms with Crippen LogP contribution in [0.15, 0.2) is 35.3 Å². The first-order valence-electron chi connectivity index (χ1n) is 5.36. The van der Waals surface area contributed by atoms with Crippen molar-refractivity contribution < 1.29 is 0 Å². The molecule has 0 saturated carbocycles. The smallest absolute Gasteiger partial charge is 0.156 e. The Bertz CT molecular complexity index is 335. The molecule has 1 N–H and O–H groups in total. The lowest BCUT2D eigenvalue weighted by molar-refractivity contribution is 0.687. The van der Waals surface area contributed by atoms with Gasteiger partial charge in [-0.1, -0.05) is 42.1 Å². The summed E-state index contributed by atoms with van der Waals surface area (Å²) in [6.07, 6.45) is 1.09. The quantitative estimate of drug-likeness (QED) is 0.845. The fraction of sp³-hybridized carbons (Fsp3) is 0.417. The Morgan fingerprint density at radius 1 is 1.40 bits per heavy atom. The summed E-state index contributed by atoms with van der Waals surface area (Å²) in [4.78, 5) is 4.38. The van der Waals surface area contributed by atoms with Gasteiger partial charge in [-0.05, 0) is 18.9 Å². The number of nitrogens with zero attached hydrogens (tertiary/aromatic N) is 1. The zero-order valence-corrected chi connectivity index (χ0v) is 9.76. The molecule has 1 aromatic carbocycles. The van der Waals surface area contributed by atoms with Crippen molar-refractivity contribution in [3.63, 3.8) is 0 Å². The molecule has 0 radical (unpaired) electrons. The van der Waals surface area contributed by atoms with E-state index in [2.05, 4.69) is 47.6 Å². The zero-order valence-electron chi connectivity index (χ0n) is 8.94. The van der Waals surface area contributed by atoms with Crippen molar-refractivity contribution in [2.75, 3.05) is 12.3 Å². The lowest BCUT2D eigenvalue weighted by atomic mass is 10.1. The molecule has 0 aromatic heterocycles. The van der Waals surface area contributed by atoms with Gasteiger partial charge in [0, 0.05) is 18.3 Å². The van der Waals surface area contributed by atoms with Gasteiger partial charge >= 0.3 is 0 Å². The average Bonchev–Trinajstić information content (AvgIpc) is 2.68. The predicted molar refractivity (Wildman–Crippen MR) is 67.5 cm³/mol. The lowest BCUT2D eigenvalue weighted by Gasteiger charge is -2.09. The van der Waals surface area contributed by atoms with E-state index in [1.165, 1.54) is 5.56 Å². The van der Waals surface area contributed by atoms with E-state index in [9.17, 15) is 0 Å². The van der Waals surface area contributed by atoms with Gasteiger partial charge in [0.15, 0.2) is 5.17 Å². The third kappa shape index (κ3) is 2.99. The molecule has 0 bridgehead atoms. The van der Waals surface area contributed by atoms with Crippen LogP contribution in [0.4, 0.5) is 0 Å². The van der Waals surface area contributed by atoms with Crippen LogP contribution in [0.1, 0.15) is 12.5 Å². The summed E-state index contributed by atoms with van der Waals surface area (Å²) >= 11 is 1.83. The maximum absolute atomic E-state index is 4.38. The van der Waals surface area contributed by atoms with Crippen LogP contribution in [-0.4, -0.2) is 23.5 Å². The Kier molecular flexibility index (Phi) is 3.67. The number of thioether (sulfide) groups is 1. The van der Waals surface area contributed by atoms with Gasteiger partial charge in [-0.15, -0.1) is 0 Å². The minimum atomic E-state index is 0.544. The van der Waals surface area contributed by atoms with Gasteiger partial charge in [-0.2, -0.15) is 0 Å². The molecule has 1 saturated heterocycles. The molecule has 1 heterocycles. The fourth-order valence-corrected chi connectivity index (χ4v) is 2.71. The molecule has 3 heteroatoms. The molecule has 1 aromatic rings. The highest BCUT2D eigenvalue weighted by Gasteiger charge is 2.19. The van der Waals surface area contributed by atoms with Gasteiger partial charge in [0.1, 0.15) is 0 Å². The van der Waals surface area contributed by atoms with Crippen molar-refractivity contribution in [2.24, 2.45) is 4.99 Å². The summed E-state index contributed by atoms with van der Waals surface area (Å²) in [5.41, 5.74) is 1.40. The van der Waals surface area contributed by atoms with E-state index in [1.807, 2.05) is 11.8 Å². The van der Waals surface area contributed by atoms with E-state index in [1.54, 1.807) is 0 Å². The molecular weight excluding hydrogens is 204 g/mol. The van der Waals surface area contributed by atoms with Gasteiger partial charge in [-0.3, -0.25) is 4.99 Å². The Morgan fingerprint density at radius 3 is 2.93 bits per heavy atom. The van der Waals surface area contributed by atoms with Gasteiger partial charge in [0.05, 0.1) is 0 Å². The second kappa shape index (κ2) is 5.21. The molecule has 2 rings (SSSR count). The van der Waals surface area contributed by atoms with Gasteiger partial charge in [-0.25, -0.2) is 0 Å². The number of benzene rings is 1. The summed E-state index contributed by atoms with van der Waals surface area (Å²) in [6, 6.07) is 11.2. The first-order chi connectivity index (χ1) is 7.38. The summed E-state index contributed by atoms with van der Waals surface area (Å²) in [6.45, 7) is 2.94. The van der Waals surface area contributed by atoms with Crippen molar-refractivity contribution in [1.29, 1.82) is 0 Å². The molecule has 0 aliphatic carbocycles. The standard InChI is InChI=1S/C12H16N2S/c1-2-13-12-14-11(9-15-12)8-10-6-4-3-5-7-10/h3-7,11H,2,8-9H2,1H3,(H,13,14). The number of aliphatic imine (C=N–C) groups is 1. The third-order valence-electron chi connectivity index (χ3n) is 2.38. The molecular formula is C12H16N2S. The third-order valence-corrected chi connectivity index (χ3v) is 3.46. The minimum Gasteiger partial charge on any atom is -0.361 e. The maximum atomic E-state index is 4.38. The van der Waals surface area contributed by atoms with E-state index >= 15 is 0 Å².